The summed E-state index contributed by atoms with van der Waals surface area (Å²) in [5.41, 5.74) is 10.0. The van der Waals surface area contributed by atoms with Crippen LogP contribution in [-0.2, 0) is 12.1 Å². The topological polar surface area (TPSA) is 119 Å². The first-order valence-corrected chi connectivity index (χ1v) is 10.9. The number of nitrogens with zero attached hydrogens (tertiary/aromatic N) is 3. The maximum Gasteiger partial charge on any atom is 0.348 e. The van der Waals surface area contributed by atoms with Gasteiger partial charge in [0.05, 0.1) is 11.3 Å². The standard InChI is InChI=1S/C25H23N5O3/c1-24(32)13-25(26,14-24)17-9-7-16(8-10-17)21-18(15-5-3-2-4-6-15)11-19-22(27-21)33-12-20-28-29-23(31)30(19)20/h2-11,32H,12-14,26H2,1H3,(H,29,31)/t24-,25-. The van der Waals surface area contributed by atoms with Gasteiger partial charge in [0.1, 0.15) is 5.69 Å². The number of rotatable bonds is 3. The number of ether oxygens (including phenoxy) is 1. The highest BCUT2D eigenvalue weighted by molar-refractivity contribution is 5.83. The minimum absolute atomic E-state index is 0.164. The van der Waals surface area contributed by atoms with Gasteiger partial charge in [-0.15, -0.1) is 0 Å². The summed E-state index contributed by atoms with van der Waals surface area (Å²) in [7, 11) is 0. The fourth-order valence-electron chi connectivity index (χ4n) is 5.09. The largest absolute Gasteiger partial charge is 0.468 e. The summed E-state index contributed by atoms with van der Waals surface area (Å²) in [5, 5.41) is 16.7. The first kappa shape index (κ1) is 19.9. The quantitative estimate of drug-likeness (QED) is 0.450. The first-order chi connectivity index (χ1) is 15.8. The molecule has 4 aromatic rings. The number of pyridine rings is 1. The fourth-order valence-corrected chi connectivity index (χ4v) is 5.09. The van der Waals surface area contributed by atoms with Crippen molar-refractivity contribution in [2.45, 2.75) is 37.5 Å². The molecule has 0 spiro atoms. The number of nitrogens with two attached hydrogens (primary N) is 1. The van der Waals surface area contributed by atoms with E-state index < -0.39 is 11.1 Å². The van der Waals surface area contributed by atoms with Gasteiger partial charge in [-0.1, -0.05) is 54.6 Å². The van der Waals surface area contributed by atoms with Gasteiger partial charge >= 0.3 is 5.69 Å². The summed E-state index contributed by atoms with van der Waals surface area (Å²) in [6, 6.07) is 19.8. The van der Waals surface area contributed by atoms with Crippen molar-refractivity contribution in [3.8, 4) is 34.0 Å². The molecule has 0 atom stereocenters. The fraction of sp³-hybridized carbons (Fsp3) is 0.240. The van der Waals surface area contributed by atoms with Crippen molar-refractivity contribution in [3.63, 3.8) is 0 Å². The summed E-state index contributed by atoms with van der Waals surface area (Å²) in [6.45, 7) is 1.98. The van der Waals surface area contributed by atoms with Crippen LogP contribution in [0.4, 0.5) is 0 Å². The van der Waals surface area contributed by atoms with Crippen molar-refractivity contribution in [3.05, 3.63) is 82.5 Å². The molecular weight excluding hydrogens is 418 g/mol. The Hall–Kier alpha value is -3.75. The minimum Gasteiger partial charge on any atom is -0.468 e. The van der Waals surface area contributed by atoms with Crippen molar-refractivity contribution in [2.24, 2.45) is 5.73 Å². The second-order valence-electron chi connectivity index (χ2n) is 9.23. The van der Waals surface area contributed by atoms with Crippen molar-refractivity contribution in [1.29, 1.82) is 0 Å². The molecule has 1 aliphatic carbocycles. The lowest BCUT2D eigenvalue weighted by Gasteiger charge is -2.49. The number of aromatic amines is 1. The molecule has 1 saturated carbocycles. The highest BCUT2D eigenvalue weighted by atomic mass is 16.5. The Kier molecular flexibility index (Phi) is 4.14. The smallest absolute Gasteiger partial charge is 0.348 e. The van der Waals surface area contributed by atoms with Gasteiger partial charge in [-0.3, -0.25) is 0 Å². The van der Waals surface area contributed by atoms with Crippen LogP contribution in [0.5, 0.6) is 5.88 Å². The third kappa shape index (κ3) is 3.18. The summed E-state index contributed by atoms with van der Waals surface area (Å²) < 4.78 is 7.35. The molecule has 3 heterocycles. The van der Waals surface area contributed by atoms with Crippen LogP contribution in [-0.4, -0.2) is 30.5 Å². The SMILES string of the molecule is C[C@]1(O)C[C@@](N)(c2ccc(-c3nc4c(cc3-c3ccccc3)-n3c(n[nH]c3=O)CO4)cc2)C1. The van der Waals surface area contributed by atoms with E-state index in [1.54, 1.807) is 0 Å². The van der Waals surface area contributed by atoms with Crippen molar-refractivity contribution >= 4 is 0 Å². The number of aromatic nitrogens is 4. The zero-order valence-corrected chi connectivity index (χ0v) is 18.1. The van der Waals surface area contributed by atoms with Crippen LogP contribution in [0.1, 0.15) is 31.2 Å². The monoisotopic (exact) mass is 441 g/mol. The van der Waals surface area contributed by atoms with E-state index >= 15 is 0 Å². The van der Waals surface area contributed by atoms with Gasteiger partial charge in [0.25, 0.3) is 0 Å². The number of nitrogens with one attached hydrogen (secondary N) is 1. The van der Waals surface area contributed by atoms with E-state index in [0.717, 1.165) is 27.9 Å². The third-order valence-corrected chi connectivity index (χ3v) is 6.50. The van der Waals surface area contributed by atoms with E-state index in [2.05, 4.69) is 10.2 Å². The number of hydrogen-bond acceptors (Lipinski definition) is 6. The molecule has 8 heteroatoms. The normalized spacial score (nSPS) is 23.2. The molecule has 6 rings (SSSR count). The maximum atomic E-state index is 12.4. The molecule has 0 unspecified atom stereocenters. The highest BCUT2D eigenvalue weighted by Gasteiger charge is 2.49. The Morgan fingerprint density at radius 2 is 1.82 bits per heavy atom. The summed E-state index contributed by atoms with van der Waals surface area (Å²) in [6.07, 6.45) is 1.06. The molecule has 0 bridgehead atoms. The molecule has 4 N–H and O–H groups in total. The van der Waals surface area contributed by atoms with Crippen LogP contribution in [0, 0.1) is 0 Å². The molecule has 0 amide bonds. The molecule has 33 heavy (non-hydrogen) atoms. The van der Waals surface area contributed by atoms with Gasteiger partial charge in [0, 0.05) is 16.7 Å². The van der Waals surface area contributed by atoms with Gasteiger partial charge in [-0.05, 0) is 37.0 Å². The first-order valence-electron chi connectivity index (χ1n) is 10.9. The summed E-state index contributed by atoms with van der Waals surface area (Å²) in [4.78, 5) is 17.2. The zero-order chi connectivity index (χ0) is 22.8. The number of fused-ring (bicyclic) bond motifs is 3. The third-order valence-electron chi connectivity index (χ3n) is 6.50. The van der Waals surface area contributed by atoms with Crippen molar-refractivity contribution < 1.29 is 9.84 Å². The molecule has 1 fully saturated rings. The van der Waals surface area contributed by atoms with Crippen LogP contribution in [0.3, 0.4) is 0 Å². The predicted molar refractivity (Wildman–Crippen MR) is 123 cm³/mol. The van der Waals surface area contributed by atoms with Crippen molar-refractivity contribution in [1.82, 2.24) is 19.7 Å². The Balaban J connectivity index is 1.48. The molecule has 2 aromatic carbocycles. The van der Waals surface area contributed by atoms with E-state index in [9.17, 15) is 9.90 Å². The minimum atomic E-state index is -0.713. The lowest BCUT2D eigenvalue weighted by Crippen LogP contribution is -2.58. The molecule has 166 valence electrons. The Morgan fingerprint density at radius 1 is 1.09 bits per heavy atom. The molecule has 0 radical (unpaired) electrons. The molecule has 8 nitrogen and oxygen atoms in total. The Bertz CT molecular complexity index is 1410. The van der Waals surface area contributed by atoms with Gasteiger partial charge in [-0.2, -0.15) is 5.10 Å². The van der Waals surface area contributed by atoms with Crippen LogP contribution in [0.25, 0.3) is 28.1 Å². The number of benzene rings is 2. The molecule has 2 aliphatic rings. The van der Waals surface area contributed by atoms with E-state index in [0.29, 0.717) is 30.2 Å². The second-order valence-corrected chi connectivity index (χ2v) is 9.23. The van der Waals surface area contributed by atoms with Gasteiger partial charge in [-0.25, -0.2) is 19.4 Å². The summed E-state index contributed by atoms with van der Waals surface area (Å²) >= 11 is 0. The molecular formula is C25H23N5O3. The Morgan fingerprint density at radius 3 is 2.52 bits per heavy atom. The van der Waals surface area contributed by atoms with E-state index in [-0.39, 0.29) is 12.3 Å². The number of aliphatic hydroxyl groups is 1. The van der Waals surface area contributed by atoms with Gasteiger partial charge in [0.15, 0.2) is 12.4 Å². The predicted octanol–water partition coefficient (Wildman–Crippen LogP) is 2.88. The average molecular weight is 441 g/mol. The van der Waals surface area contributed by atoms with Crippen LogP contribution >= 0.6 is 0 Å². The van der Waals surface area contributed by atoms with Crippen LogP contribution in [0.2, 0.25) is 0 Å². The van der Waals surface area contributed by atoms with Gasteiger partial charge < -0.3 is 15.6 Å². The van der Waals surface area contributed by atoms with Crippen LogP contribution < -0.4 is 16.2 Å². The van der Waals surface area contributed by atoms with E-state index in [4.69, 9.17) is 15.5 Å². The highest BCUT2D eigenvalue weighted by Crippen LogP contribution is 2.46. The lowest BCUT2D eigenvalue weighted by molar-refractivity contribution is -0.0738. The van der Waals surface area contributed by atoms with E-state index in [1.807, 2.05) is 67.6 Å². The van der Waals surface area contributed by atoms with Gasteiger partial charge in [0.2, 0.25) is 5.88 Å². The summed E-state index contributed by atoms with van der Waals surface area (Å²) in [5.74, 6) is 0.894. The number of hydrogen-bond donors (Lipinski definition) is 3. The van der Waals surface area contributed by atoms with Crippen LogP contribution in [0.15, 0.2) is 65.5 Å². The van der Waals surface area contributed by atoms with Crippen molar-refractivity contribution in [2.75, 3.05) is 0 Å². The molecule has 0 saturated heterocycles. The molecule has 2 aromatic heterocycles. The van der Waals surface area contributed by atoms with E-state index in [1.165, 1.54) is 4.57 Å². The lowest BCUT2D eigenvalue weighted by atomic mass is 9.63. The molecule has 1 aliphatic heterocycles. The average Bonchev–Trinajstić information content (AvgIpc) is 3.19. The maximum absolute atomic E-state index is 12.4. The number of H-pyrrole nitrogens is 1. The second kappa shape index (κ2) is 6.87. The zero-order valence-electron chi connectivity index (χ0n) is 18.1. The Labute approximate surface area is 189 Å².